The number of esters is 1. The molecule has 1 saturated carbocycles. The molecule has 0 aromatic heterocycles. The Morgan fingerprint density at radius 3 is 2.59 bits per heavy atom. The molecule has 1 aliphatic carbocycles. The third-order valence-corrected chi connectivity index (χ3v) is 5.62. The molecular weight excluding hydrogens is 340 g/mol. The van der Waals surface area contributed by atoms with Gasteiger partial charge in [0.2, 0.25) is 0 Å². The third kappa shape index (κ3) is 5.32. The van der Waals surface area contributed by atoms with Crippen molar-refractivity contribution in [3.05, 3.63) is 29.3 Å². The van der Waals surface area contributed by atoms with Crippen LogP contribution in [0.2, 0.25) is 0 Å². The molecule has 1 unspecified atom stereocenters. The number of hydrogen-bond donors (Lipinski definition) is 1. The van der Waals surface area contributed by atoms with Crippen LogP contribution in [0.5, 0.6) is 0 Å². The highest BCUT2D eigenvalue weighted by Gasteiger charge is 2.34. The van der Waals surface area contributed by atoms with Crippen LogP contribution < -0.4 is 5.73 Å². The van der Waals surface area contributed by atoms with Gasteiger partial charge in [-0.2, -0.15) is 5.26 Å². The topological polar surface area (TPSA) is 93.2 Å². The van der Waals surface area contributed by atoms with E-state index in [-0.39, 0.29) is 30.0 Å². The first-order valence-corrected chi connectivity index (χ1v) is 9.76. The summed E-state index contributed by atoms with van der Waals surface area (Å²) in [4.78, 5) is 25.1. The van der Waals surface area contributed by atoms with Crippen LogP contribution >= 0.6 is 0 Å². The van der Waals surface area contributed by atoms with Crippen LogP contribution in [0, 0.1) is 35.0 Å². The van der Waals surface area contributed by atoms with E-state index in [1.807, 2.05) is 6.07 Å². The Labute approximate surface area is 161 Å². The molecule has 2 rings (SSSR count). The average Bonchev–Trinajstić information content (AvgIpc) is 2.60. The molecule has 1 fully saturated rings. The number of nitrogens with zero attached hydrogens (tertiary/aromatic N) is 1. The van der Waals surface area contributed by atoms with E-state index in [4.69, 9.17) is 15.7 Å². The van der Waals surface area contributed by atoms with Crippen molar-refractivity contribution in [1.82, 2.24) is 0 Å². The molecule has 2 N–H and O–H groups in total. The molecule has 0 spiro atoms. The average molecular weight is 370 g/mol. The van der Waals surface area contributed by atoms with Crippen LogP contribution in [0.25, 0.3) is 0 Å². The van der Waals surface area contributed by atoms with Gasteiger partial charge in [0.25, 0.3) is 0 Å². The van der Waals surface area contributed by atoms with Crippen molar-refractivity contribution in [2.24, 2.45) is 23.7 Å². The molecule has 1 aromatic rings. The molecule has 0 amide bonds. The van der Waals surface area contributed by atoms with Gasteiger partial charge in [-0.15, -0.1) is 0 Å². The van der Waals surface area contributed by atoms with Crippen LogP contribution in [-0.4, -0.2) is 17.9 Å². The zero-order valence-electron chi connectivity index (χ0n) is 16.7. The van der Waals surface area contributed by atoms with E-state index in [9.17, 15) is 9.59 Å². The Balaban J connectivity index is 1.99. The Hall–Kier alpha value is -2.35. The number of hydrogen-bond acceptors (Lipinski definition) is 5. The second-order valence-electron chi connectivity index (χ2n) is 8.24. The highest BCUT2D eigenvalue weighted by atomic mass is 16.5. The van der Waals surface area contributed by atoms with Gasteiger partial charge in [0.15, 0.2) is 5.78 Å². The van der Waals surface area contributed by atoms with Crippen LogP contribution in [-0.2, 0) is 9.53 Å². The summed E-state index contributed by atoms with van der Waals surface area (Å²) in [5.41, 5.74) is 6.81. The number of rotatable bonds is 6. The molecule has 5 heteroatoms. The predicted octanol–water partition coefficient (Wildman–Crippen LogP) is 4.35. The number of ether oxygens (including phenoxy) is 1. The molecule has 0 radical (unpaired) electrons. The van der Waals surface area contributed by atoms with Gasteiger partial charge >= 0.3 is 5.97 Å². The Morgan fingerprint density at radius 1 is 1.30 bits per heavy atom. The fourth-order valence-corrected chi connectivity index (χ4v) is 3.91. The van der Waals surface area contributed by atoms with Crippen molar-refractivity contribution in [1.29, 1.82) is 5.26 Å². The number of carbonyl (C=O) groups excluding carboxylic acids is 2. The van der Waals surface area contributed by atoms with Gasteiger partial charge in [-0.3, -0.25) is 9.59 Å². The number of anilines is 1. The van der Waals surface area contributed by atoms with Gasteiger partial charge in [0.05, 0.1) is 17.7 Å². The lowest BCUT2D eigenvalue weighted by molar-refractivity contribution is -0.156. The highest BCUT2D eigenvalue weighted by Crippen LogP contribution is 2.35. The lowest BCUT2D eigenvalue weighted by Crippen LogP contribution is -2.36. The quantitative estimate of drug-likeness (QED) is 0.456. The van der Waals surface area contributed by atoms with Crippen LogP contribution in [0.1, 0.15) is 69.3 Å². The minimum absolute atomic E-state index is 0.0500. The number of nitriles is 1. The van der Waals surface area contributed by atoms with Crippen LogP contribution in [0.15, 0.2) is 18.2 Å². The molecular formula is C22H30N2O3. The van der Waals surface area contributed by atoms with Crippen molar-refractivity contribution in [2.45, 2.75) is 59.5 Å². The number of ketones is 1. The Morgan fingerprint density at radius 2 is 2.00 bits per heavy atom. The lowest BCUT2D eigenvalue weighted by Gasteiger charge is -2.36. The maximum Gasteiger partial charge on any atom is 0.306 e. The Bertz CT molecular complexity index is 736. The number of benzene rings is 1. The summed E-state index contributed by atoms with van der Waals surface area (Å²) >= 11 is 0. The first-order valence-electron chi connectivity index (χ1n) is 9.76. The van der Waals surface area contributed by atoms with E-state index >= 15 is 0 Å². The highest BCUT2D eigenvalue weighted by molar-refractivity contribution is 6.00. The van der Waals surface area contributed by atoms with E-state index in [1.165, 1.54) is 18.6 Å². The predicted molar refractivity (Wildman–Crippen MR) is 105 cm³/mol. The summed E-state index contributed by atoms with van der Waals surface area (Å²) in [5, 5.41) is 8.93. The molecule has 1 aliphatic rings. The zero-order valence-corrected chi connectivity index (χ0v) is 16.7. The molecule has 27 heavy (non-hydrogen) atoms. The first-order chi connectivity index (χ1) is 12.7. The van der Waals surface area contributed by atoms with Crippen molar-refractivity contribution >= 4 is 17.4 Å². The molecule has 5 nitrogen and oxygen atoms in total. The number of Topliss-reactive ketones (excluding diaryl/α,β-unsaturated/α-hetero) is 1. The van der Waals surface area contributed by atoms with E-state index in [1.54, 1.807) is 13.0 Å². The number of nitrogen functional groups attached to an aromatic ring is 1. The summed E-state index contributed by atoms with van der Waals surface area (Å²) in [5.74, 6) is 0.426. The second-order valence-corrected chi connectivity index (χ2v) is 8.24. The second kappa shape index (κ2) is 9.03. The normalized spacial score (nSPS) is 23.5. The summed E-state index contributed by atoms with van der Waals surface area (Å²) in [6, 6.07) is 6.59. The minimum Gasteiger partial charge on any atom is -0.462 e. The van der Waals surface area contributed by atoms with Gasteiger partial charge in [-0.25, -0.2) is 0 Å². The molecule has 0 heterocycles. The van der Waals surface area contributed by atoms with Gasteiger partial charge in [-0.1, -0.05) is 34.1 Å². The summed E-state index contributed by atoms with van der Waals surface area (Å²) in [6.45, 7) is 8.26. The first kappa shape index (κ1) is 21.0. The Kier molecular flexibility index (Phi) is 7.01. The summed E-state index contributed by atoms with van der Waals surface area (Å²) in [6.07, 6.45) is 3.13. The van der Waals surface area contributed by atoms with Crippen molar-refractivity contribution in [3.8, 4) is 6.07 Å². The smallest absolute Gasteiger partial charge is 0.306 e. The lowest BCUT2D eigenvalue weighted by atomic mass is 9.75. The standard InChI is InChI=1S/C22H30N2O3/c1-13(2)18-8-5-14(3)9-20(18)27-21(25)10-15(4)22(26)16-6-7-17(12-23)19(24)11-16/h6-7,11,13-15,18,20H,5,8-10,24H2,1-4H3/t14-,15?,18+,20-/m1/s1. The fourth-order valence-electron chi connectivity index (χ4n) is 3.91. The summed E-state index contributed by atoms with van der Waals surface area (Å²) < 4.78 is 5.79. The molecule has 4 atom stereocenters. The van der Waals surface area contributed by atoms with Gasteiger partial charge in [0.1, 0.15) is 12.2 Å². The maximum atomic E-state index is 12.6. The van der Waals surface area contributed by atoms with E-state index in [0.29, 0.717) is 28.9 Å². The van der Waals surface area contributed by atoms with Crippen molar-refractivity contribution in [3.63, 3.8) is 0 Å². The molecule has 0 aliphatic heterocycles. The number of nitrogens with two attached hydrogens (primary N) is 1. The molecule has 1 aromatic carbocycles. The number of carbonyl (C=O) groups is 2. The van der Waals surface area contributed by atoms with Crippen molar-refractivity contribution in [2.75, 3.05) is 5.73 Å². The zero-order chi connectivity index (χ0) is 20.1. The fraction of sp³-hybridized carbons (Fsp3) is 0.591. The van der Waals surface area contributed by atoms with E-state index in [0.717, 1.165) is 12.8 Å². The van der Waals surface area contributed by atoms with Crippen LogP contribution in [0.4, 0.5) is 5.69 Å². The molecule has 0 saturated heterocycles. The maximum absolute atomic E-state index is 12.6. The minimum atomic E-state index is -0.497. The van der Waals surface area contributed by atoms with Crippen LogP contribution in [0.3, 0.4) is 0 Å². The van der Waals surface area contributed by atoms with Gasteiger partial charge < -0.3 is 10.5 Å². The molecule has 146 valence electrons. The third-order valence-electron chi connectivity index (χ3n) is 5.62. The van der Waals surface area contributed by atoms with Gasteiger partial charge in [-0.05, 0) is 48.8 Å². The van der Waals surface area contributed by atoms with E-state index in [2.05, 4.69) is 20.8 Å². The van der Waals surface area contributed by atoms with Crippen molar-refractivity contribution < 1.29 is 14.3 Å². The summed E-state index contributed by atoms with van der Waals surface area (Å²) in [7, 11) is 0. The molecule has 0 bridgehead atoms. The monoisotopic (exact) mass is 370 g/mol. The largest absolute Gasteiger partial charge is 0.462 e. The van der Waals surface area contributed by atoms with Gasteiger partial charge in [0, 0.05) is 11.5 Å². The SMILES string of the molecule is CC(CC(=O)O[C@@H]1C[C@H](C)CC[C@H]1C(C)C)C(=O)c1ccc(C#N)c(N)c1. The van der Waals surface area contributed by atoms with E-state index < -0.39 is 5.92 Å².